The summed E-state index contributed by atoms with van der Waals surface area (Å²) in [6.45, 7) is 5.18. The number of hydrogen-bond donors (Lipinski definition) is 0. The summed E-state index contributed by atoms with van der Waals surface area (Å²) in [6, 6.07) is 0. The summed E-state index contributed by atoms with van der Waals surface area (Å²) in [4.78, 5) is 14.3. The maximum Gasteiger partial charge on any atom is 0.212 e. The minimum Gasteiger partial charge on any atom is -0.367 e. The number of carbonyl (C=O) groups is 1. The molecule has 2 rings (SSSR count). The van der Waals surface area contributed by atoms with Crippen molar-refractivity contribution < 1.29 is 9.53 Å². The molecule has 0 aliphatic carbocycles. The highest BCUT2D eigenvalue weighted by atomic mass is 16.5. The van der Waals surface area contributed by atoms with Gasteiger partial charge in [0.2, 0.25) is 5.78 Å². The van der Waals surface area contributed by atoms with Crippen LogP contribution in [0.5, 0.6) is 0 Å². The zero-order chi connectivity index (χ0) is 11.5. The van der Waals surface area contributed by atoms with Crippen molar-refractivity contribution in [3.8, 4) is 0 Å². The number of likely N-dealkylation sites (N-methyl/N-ethyl adjacent to an activating group) is 1. The van der Waals surface area contributed by atoms with Gasteiger partial charge in [-0.05, 0) is 6.54 Å². The maximum absolute atomic E-state index is 12.1. The standard InChI is InChI=1S/C10H16N4O2/c1-3-14-4-5-16-9(7-14)10(15)8-6-11-12-13(8)2/h6,9H,3-5,7H2,1-2H3. The summed E-state index contributed by atoms with van der Waals surface area (Å²) in [6.07, 6.45) is 1.10. The van der Waals surface area contributed by atoms with Gasteiger partial charge < -0.3 is 4.74 Å². The van der Waals surface area contributed by atoms with Crippen LogP contribution in [0.4, 0.5) is 0 Å². The number of Topliss-reactive ketones (excluding diaryl/α,β-unsaturated/α-hetero) is 1. The van der Waals surface area contributed by atoms with Crippen molar-refractivity contribution in [1.82, 2.24) is 19.9 Å². The van der Waals surface area contributed by atoms with Gasteiger partial charge in [-0.15, -0.1) is 5.10 Å². The van der Waals surface area contributed by atoms with Crippen LogP contribution in [-0.4, -0.2) is 58.0 Å². The lowest BCUT2D eigenvalue weighted by molar-refractivity contribution is -0.0153. The minimum absolute atomic E-state index is 0.0364. The van der Waals surface area contributed by atoms with Crippen LogP contribution < -0.4 is 0 Å². The van der Waals surface area contributed by atoms with E-state index in [4.69, 9.17) is 4.74 Å². The van der Waals surface area contributed by atoms with Crippen molar-refractivity contribution in [2.24, 2.45) is 7.05 Å². The molecule has 1 saturated heterocycles. The van der Waals surface area contributed by atoms with E-state index in [2.05, 4.69) is 22.1 Å². The average Bonchev–Trinajstić information content (AvgIpc) is 2.74. The maximum atomic E-state index is 12.1. The van der Waals surface area contributed by atoms with Gasteiger partial charge in [-0.25, -0.2) is 4.68 Å². The molecule has 6 nitrogen and oxygen atoms in total. The average molecular weight is 224 g/mol. The van der Waals surface area contributed by atoms with Gasteiger partial charge in [-0.2, -0.15) is 0 Å². The molecule has 1 aromatic heterocycles. The normalized spacial score (nSPS) is 22.2. The Morgan fingerprint density at radius 1 is 1.69 bits per heavy atom. The fourth-order valence-corrected chi connectivity index (χ4v) is 1.83. The highest BCUT2D eigenvalue weighted by Crippen LogP contribution is 2.10. The van der Waals surface area contributed by atoms with E-state index < -0.39 is 0 Å². The fourth-order valence-electron chi connectivity index (χ4n) is 1.83. The topological polar surface area (TPSA) is 60.2 Å². The molecule has 0 radical (unpaired) electrons. The molecule has 1 atom stereocenters. The highest BCUT2D eigenvalue weighted by Gasteiger charge is 2.28. The number of morpholine rings is 1. The molecular formula is C10H16N4O2. The van der Waals surface area contributed by atoms with Crippen LogP contribution in [0.2, 0.25) is 0 Å². The zero-order valence-corrected chi connectivity index (χ0v) is 9.59. The lowest BCUT2D eigenvalue weighted by Gasteiger charge is -2.30. The number of ether oxygens (including phenoxy) is 1. The second-order valence-corrected chi connectivity index (χ2v) is 3.86. The number of aryl methyl sites for hydroxylation is 1. The molecule has 1 aromatic rings. The van der Waals surface area contributed by atoms with Gasteiger partial charge in [0.1, 0.15) is 11.8 Å². The summed E-state index contributed by atoms with van der Waals surface area (Å²) >= 11 is 0. The quantitative estimate of drug-likeness (QED) is 0.661. The smallest absolute Gasteiger partial charge is 0.212 e. The van der Waals surface area contributed by atoms with Gasteiger partial charge in [0.25, 0.3) is 0 Å². The molecule has 0 spiro atoms. The molecular weight excluding hydrogens is 208 g/mol. The Morgan fingerprint density at radius 3 is 3.12 bits per heavy atom. The number of nitrogens with zero attached hydrogens (tertiary/aromatic N) is 4. The molecule has 0 N–H and O–H groups in total. The molecule has 0 saturated carbocycles. The van der Waals surface area contributed by atoms with Gasteiger partial charge in [0.05, 0.1) is 12.8 Å². The second-order valence-electron chi connectivity index (χ2n) is 3.86. The summed E-state index contributed by atoms with van der Waals surface area (Å²) in [5, 5.41) is 7.45. The van der Waals surface area contributed by atoms with Gasteiger partial charge >= 0.3 is 0 Å². The molecule has 88 valence electrons. The molecule has 16 heavy (non-hydrogen) atoms. The lowest BCUT2D eigenvalue weighted by atomic mass is 10.1. The largest absolute Gasteiger partial charge is 0.367 e. The molecule has 1 fully saturated rings. The van der Waals surface area contributed by atoms with Gasteiger partial charge in [0, 0.05) is 20.1 Å². The van der Waals surface area contributed by atoms with Gasteiger partial charge in [-0.1, -0.05) is 12.1 Å². The van der Waals surface area contributed by atoms with E-state index in [1.807, 2.05) is 0 Å². The molecule has 0 amide bonds. The third-order valence-electron chi connectivity index (χ3n) is 2.86. The molecule has 0 aromatic carbocycles. The number of aromatic nitrogens is 3. The predicted molar refractivity (Wildman–Crippen MR) is 57.2 cm³/mol. The van der Waals surface area contributed by atoms with Crippen molar-refractivity contribution in [3.63, 3.8) is 0 Å². The summed E-state index contributed by atoms with van der Waals surface area (Å²) in [5.41, 5.74) is 0.503. The van der Waals surface area contributed by atoms with Crippen molar-refractivity contribution in [2.45, 2.75) is 13.0 Å². The van der Waals surface area contributed by atoms with Crippen LogP contribution in [0.25, 0.3) is 0 Å². The van der Waals surface area contributed by atoms with Crippen LogP contribution in [-0.2, 0) is 11.8 Å². The van der Waals surface area contributed by atoms with E-state index in [-0.39, 0.29) is 11.9 Å². The number of carbonyl (C=O) groups excluding carboxylic acids is 1. The van der Waals surface area contributed by atoms with Crippen LogP contribution in [0, 0.1) is 0 Å². The molecule has 0 bridgehead atoms. The molecule has 6 heteroatoms. The van der Waals surface area contributed by atoms with Gasteiger partial charge in [-0.3, -0.25) is 9.69 Å². The first kappa shape index (κ1) is 11.2. The third-order valence-corrected chi connectivity index (χ3v) is 2.86. The van der Waals surface area contributed by atoms with Crippen molar-refractivity contribution in [1.29, 1.82) is 0 Å². The summed E-state index contributed by atoms with van der Waals surface area (Å²) < 4.78 is 6.97. The Morgan fingerprint density at radius 2 is 2.50 bits per heavy atom. The Balaban J connectivity index is 2.07. The first-order valence-electron chi connectivity index (χ1n) is 5.45. The monoisotopic (exact) mass is 224 g/mol. The first-order valence-corrected chi connectivity index (χ1v) is 5.45. The lowest BCUT2D eigenvalue weighted by Crippen LogP contribution is -2.46. The fraction of sp³-hybridized carbons (Fsp3) is 0.700. The van der Waals surface area contributed by atoms with Crippen molar-refractivity contribution >= 4 is 5.78 Å². The molecule has 1 unspecified atom stereocenters. The minimum atomic E-state index is -0.383. The highest BCUT2D eigenvalue weighted by molar-refractivity contribution is 5.97. The molecule has 1 aliphatic rings. The van der Waals surface area contributed by atoms with E-state index in [0.29, 0.717) is 18.8 Å². The Bertz CT molecular complexity index is 377. The van der Waals surface area contributed by atoms with E-state index in [1.165, 1.54) is 10.9 Å². The van der Waals surface area contributed by atoms with Crippen LogP contribution in [0.15, 0.2) is 6.20 Å². The van der Waals surface area contributed by atoms with E-state index in [0.717, 1.165) is 13.1 Å². The first-order chi connectivity index (χ1) is 7.72. The van der Waals surface area contributed by atoms with Crippen molar-refractivity contribution in [3.05, 3.63) is 11.9 Å². The van der Waals surface area contributed by atoms with E-state index in [1.54, 1.807) is 7.05 Å². The SMILES string of the molecule is CCN1CCOC(C(=O)c2cnnn2C)C1. The second kappa shape index (κ2) is 4.71. The molecule has 1 aliphatic heterocycles. The van der Waals surface area contributed by atoms with Crippen LogP contribution in [0.1, 0.15) is 17.4 Å². The Labute approximate surface area is 94.2 Å². The van der Waals surface area contributed by atoms with Gasteiger partial charge in [0.15, 0.2) is 0 Å². The van der Waals surface area contributed by atoms with Crippen LogP contribution in [0.3, 0.4) is 0 Å². The third kappa shape index (κ3) is 2.12. The predicted octanol–water partition coefficient (Wildman–Crippen LogP) is -0.281. The van der Waals surface area contributed by atoms with Crippen molar-refractivity contribution in [2.75, 3.05) is 26.2 Å². The number of rotatable bonds is 3. The number of hydrogen-bond acceptors (Lipinski definition) is 5. The van der Waals surface area contributed by atoms with E-state index in [9.17, 15) is 4.79 Å². The zero-order valence-electron chi connectivity index (χ0n) is 9.59. The Hall–Kier alpha value is -1.27. The summed E-state index contributed by atoms with van der Waals surface area (Å²) in [7, 11) is 1.71. The van der Waals surface area contributed by atoms with E-state index >= 15 is 0 Å². The Kier molecular flexibility index (Phi) is 3.31. The number of ketones is 1. The molecule has 2 heterocycles. The van der Waals surface area contributed by atoms with Crippen LogP contribution >= 0.6 is 0 Å². The summed E-state index contributed by atoms with van der Waals surface area (Å²) in [5.74, 6) is -0.0364.